The third kappa shape index (κ3) is 4.30. The Labute approximate surface area is 207 Å². The van der Waals surface area contributed by atoms with Crippen LogP contribution in [0.3, 0.4) is 0 Å². The van der Waals surface area contributed by atoms with E-state index >= 15 is 0 Å². The Bertz CT molecular complexity index is 1060. The fourth-order valence-electron chi connectivity index (χ4n) is 6.07. The predicted octanol–water partition coefficient (Wildman–Crippen LogP) is 5.22. The fourth-order valence-corrected chi connectivity index (χ4v) is 6.40. The maximum absolute atomic E-state index is 14.3. The summed E-state index contributed by atoms with van der Waals surface area (Å²) in [6, 6.07) is 5.63. The van der Waals surface area contributed by atoms with E-state index in [4.69, 9.17) is 4.52 Å². The molecule has 0 saturated heterocycles. The van der Waals surface area contributed by atoms with Crippen molar-refractivity contribution >= 4 is 27.7 Å². The van der Waals surface area contributed by atoms with Crippen LogP contribution in [0.15, 0.2) is 27.3 Å². The molecule has 2 aromatic rings. The number of carbonyl (C=O) groups excluding carboxylic acids is 1. The van der Waals surface area contributed by atoms with Crippen molar-refractivity contribution in [3.8, 4) is 0 Å². The van der Waals surface area contributed by atoms with Crippen molar-refractivity contribution in [2.75, 3.05) is 11.4 Å². The third-order valence-corrected chi connectivity index (χ3v) is 8.71. The van der Waals surface area contributed by atoms with Crippen molar-refractivity contribution in [3.63, 3.8) is 0 Å². The molecule has 0 aliphatic heterocycles. The summed E-state index contributed by atoms with van der Waals surface area (Å²) in [5, 5.41) is 14.4. The number of fused-ring (bicyclic) bond motifs is 3. The van der Waals surface area contributed by atoms with Crippen LogP contribution >= 0.6 is 15.9 Å². The number of anilines is 1. The van der Waals surface area contributed by atoms with E-state index in [1.165, 1.54) is 13.8 Å². The number of halogens is 2. The first-order chi connectivity index (χ1) is 15.9. The number of carbonyl (C=O) groups is 1. The minimum Gasteiger partial charge on any atom is -0.390 e. The van der Waals surface area contributed by atoms with Crippen LogP contribution in [0.1, 0.15) is 83.9 Å². The van der Waals surface area contributed by atoms with Crippen molar-refractivity contribution in [3.05, 3.63) is 34.5 Å². The highest BCUT2D eigenvalue weighted by atomic mass is 79.9. The molecule has 1 amide bonds. The smallest absolute Gasteiger partial charge is 0.263 e. The molecule has 9 heteroatoms. The maximum Gasteiger partial charge on any atom is 0.263 e. The van der Waals surface area contributed by atoms with E-state index < -0.39 is 11.3 Å². The van der Waals surface area contributed by atoms with Gasteiger partial charge in [-0.15, -0.1) is 0 Å². The monoisotopic (exact) mass is 534 g/mol. The minimum atomic E-state index is -1.65. The van der Waals surface area contributed by atoms with Gasteiger partial charge >= 0.3 is 0 Å². The lowest BCUT2D eigenvalue weighted by Crippen LogP contribution is -2.54. The summed E-state index contributed by atoms with van der Waals surface area (Å²) in [5.41, 5.74) is -2.59. The second-order valence-corrected chi connectivity index (χ2v) is 12.3. The van der Waals surface area contributed by atoms with E-state index in [9.17, 15) is 14.3 Å². The Hall–Kier alpha value is -1.87. The molecular formula is C25H32BrFN4O3. The van der Waals surface area contributed by atoms with Crippen molar-refractivity contribution in [2.45, 2.75) is 88.8 Å². The van der Waals surface area contributed by atoms with Gasteiger partial charge in [0, 0.05) is 17.9 Å². The molecule has 184 valence electrons. The minimum absolute atomic E-state index is 0.000398. The molecule has 4 saturated carbocycles. The van der Waals surface area contributed by atoms with Gasteiger partial charge in [0.2, 0.25) is 5.91 Å². The van der Waals surface area contributed by atoms with Gasteiger partial charge in [0.25, 0.3) is 5.89 Å². The van der Waals surface area contributed by atoms with Gasteiger partial charge in [-0.2, -0.15) is 4.98 Å². The molecule has 2 aromatic heterocycles. The zero-order valence-electron chi connectivity index (χ0n) is 20.0. The first kappa shape index (κ1) is 23.9. The Balaban J connectivity index is 1.35. The number of hydrogen-bond donors (Lipinski definition) is 1. The van der Waals surface area contributed by atoms with E-state index in [1.54, 1.807) is 6.92 Å². The molecule has 0 radical (unpaired) electrons. The summed E-state index contributed by atoms with van der Waals surface area (Å²) in [6.07, 6.45) is 6.47. The lowest BCUT2D eigenvalue weighted by molar-refractivity contribution is -0.137. The number of aromatic nitrogens is 3. The van der Waals surface area contributed by atoms with E-state index in [0.717, 1.165) is 38.5 Å². The van der Waals surface area contributed by atoms with Crippen molar-refractivity contribution in [1.82, 2.24) is 15.1 Å². The van der Waals surface area contributed by atoms with E-state index in [1.807, 2.05) is 23.1 Å². The highest BCUT2D eigenvalue weighted by Crippen LogP contribution is 2.58. The standard InChI is InChI=1S/C25H32BrFN4O3/c1-22(2,27)21-29-20(30-34-21)25-10-7-24(8-11-25,9-12-25)15-31(18-6-4-5-17(26)28-18)19(32)16-13-23(3,33)14-16/h4-6,16,33H,7-15H2,1-3H3. The van der Waals surface area contributed by atoms with Gasteiger partial charge in [-0.05, 0) is 106 Å². The summed E-state index contributed by atoms with van der Waals surface area (Å²) in [5.74, 6) is 1.17. The second-order valence-electron chi connectivity index (χ2n) is 11.5. The van der Waals surface area contributed by atoms with Crippen LogP contribution in [0, 0.1) is 11.3 Å². The van der Waals surface area contributed by atoms with Gasteiger partial charge in [0.1, 0.15) is 10.4 Å². The van der Waals surface area contributed by atoms with E-state index in [2.05, 4.69) is 31.1 Å². The molecule has 0 unspecified atom stereocenters. The van der Waals surface area contributed by atoms with Crippen LogP contribution in [0.4, 0.5) is 10.2 Å². The number of nitrogens with zero attached hydrogens (tertiary/aromatic N) is 4. The topological polar surface area (TPSA) is 92.3 Å². The number of pyridine rings is 1. The van der Waals surface area contributed by atoms with Gasteiger partial charge in [-0.25, -0.2) is 9.37 Å². The summed E-state index contributed by atoms with van der Waals surface area (Å²) in [6.45, 7) is 5.25. The third-order valence-electron chi connectivity index (χ3n) is 8.27. The molecule has 0 spiro atoms. The van der Waals surface area contributed by atoms with Crippen LogP contribution in [0.2, 0.25) is 0 Å². The molecule has 4 aliphatic carbocycles. The lowest BCUT2D eigenvalue weighted by atomic mass is 9.53. The Morgan fingerprint density at radius 3 is 2.38 bits per heavy atom. The molecule has 7 nitrogen and oxygen atoms in total. The molecular weight excluding hydrogens is 503 g/mol. The van der Waals surface area contributed by atoms with Crippen LogP contribution in [0.5, 0.6) is 0 Å². The molecule has 2 bridgehead atoms. The van der Waals surface area contributed by atoms with Crippen LogP contribution in [0.25, 0.3) is 0 Å². The lowest BCUT2D eigenvalue weighted by Gasteiger charge is -2.53. The number of rotatable bonds is 6. The number of aliphatic hydroxyl groups is 1. The zero-order valence-corrected chi connectivity index (χ0v) is 21.6. The van der Waals surface area contributed by atoms with Gasteiger partial charge in [-0.3, -0.25) is 9.69 Å². The fraction of sp³-hybridized carbons (Fsp3) is 0.680. The van der Waals surface area contributed by atoms with Crippen LogP contribution in [-0.4, -0.2) is 38.3 Å². The highest BCUT2D eigenvalue weighted by molar-refractivity contribution is 9.10. The molecule has 6 rings (SSSR count). The maximum atomic E-state index is 14.3. The predicted molar refractivity (Wildman–Crippen MR) is 128 cm³/mol. The van der Waals surface area contributed by atoms with Gasteiger partial charge < -0.3 is 9.63 Å². The first-order valence-corrected chi connectivity index (χ1v) is 12.9. The zero-order chi connectivity index (χ0) is 24.4. The number of hydrogen-bond acceptors (Lipinski definition) is 6. The van der Waals surface area contributed by atoms with E-state index in [-0.39, 0.29) is 28.5 Å². The van der Waals surface area contributed by atoms with Gasteiger partial charge in [0.05, 0.1) is 5.60 Å². The SMILES string of the molecule is CC1(O)CC(C(=O)N(CC23CCC(c4noc(C(C)(C)F)n4)(CC2)CC3)c2cccc(Br)n2)C1. The molecule has 0 atom stereocenters. The summed E-state index contributed by atoms with van der Waals surface area (Å²) >= 11 is 3.44. The van der Waals surface area contributed by atoms with Gasteiger partial charge in [-0.1, -0.05) is 11.2 Å². The Morgan fingerprint density at radius 2 is 1.85 bits per heavy atom. The summed E-state index contributed by atoms with van der Waals surface area (Å²) in [7, 11) is 0. The van der Waals surface area contributed by atoms with Gasteiger partial charge in [0.15, 0.2) is 11.5 Å². The number of alkyl halides is 1. The van der Waals surface area contributed by atoms with Crippen molar-refractivity contribution < 1.29 is 18.8 Å². The first-order valence-electron chi connectivity index (χ1n) is 12.1. The largest absolute Gasteiger partial charge is 0.390 e. The molecule has 34 heavy (non-hydrogen) atoms. The van der Waals surface area contributed by atoms with Crippen molar-refractivity contribution in [1.29, 1.82) is 0 Å². The molecule has 0 aromatic carbocycles. The average molecular weight is 535 g/mol. The van der Waals surface area contributed by atoms with Crippen LogP contribution in [-0.2, 0) is 15.9 Å². The number of amides is 1. The van der Waals surface area contributed by atoms with E-state index in [0.29, 0.717) is 35.6 Å². The van der Waals surface area contributed by atoms with Crippen LogP contribution < -0.4 is 4.90 Å². The Morgan fingerprint density at radius 1 is 1.21 bits per heavy atom. The molecule has 2 heterocycles. The Kier molecular flexibility index (Phi) is 5.67. The normalized spacial score (nSPS) is 32.9. The van der Waals surface area contributed by atoms with Crippen molar-refractivity contribution in [2.24, 2.45) is 11.3 Å². The molecule has 1 N–H and O–H groups in total. The second kappa shape index (κ2) is 8.08. The highest BCUT2D eigenvalue weighted by Gasteiger charge is 2.53. The summed E-state index contributed by atoms with van der Waals surface area (Å²) < 4.78 is 20.2. The molecule has 4 fully saturated rings. The summed E-state index contributed by atoms with van der Waals surface area (Å²) in [4.78, 5) is 24.4. The average Bonchev–Trinajstić information content (AvgIpc) is 3.29. The quantitative estimate of drug-likeness (QED) is 0.510. The molecule has 4 aliphatic rings.